The van der Waals surface area contributed by atoms with Crippen LogP contribution in [0.15, 0.2) is 0 Å². The smallest absolute Gasteiger partial charge is 0.382 e. The zero-order valence-corrected chi connectivity index (χ0v) is 21.2. The van der Waals surface area contributed by atoms with E-state index in [9.17, 15) is 18.6 Å². The maximum absolute atomic E-state index is 12.5. The second kappa shape index (κ2) is 12.6. The minimum absolute atomic E-state index is 0.0956. The molecule has 0 bridgehead atoms. The van der Waals surface area contributed by atoms with Crippen LogP contribution in [0.3, 0.4) is 0 Å². The minimum atomic E-state index is -4.31. The van der Waals surface area contributed by atoms with E-state index in [0.717, 1.165) is 19.3 Å². The molecule has 0 amide bonds. The molecule has 2 N–H and O–H groups in total. The first-order chi connectivity index (χ1) is 13.7. The van der Waals surface area contributed by atoms with Crippen LogP contribution in [0.25, 0.3) is 0 Å². The molecule has 0 aromatic rings. The van der Waals surface area contributed by atoms with Gasteiger partial charge >= 0.3 is 15.4 Å². The van der Waals surface area contributed by atoms with Gasteiger partial charge in [0.1, 0.15) is 0 Å². The number of hydrogen-bond donors (Lipinski definition) is 2. The lowest BCUT2D eigenvalue weighted by atomic mass is 9.94. The van der Waals surface area contributed by atoms with Crippen LogP contribution in [0.1, 0.15) is 40.0 Å². The van der Waals surface area contributed by atoms with Crippen molar-refractivity contribution in [3.8, 4) is 0 Å². The molecule has 1 saturated carbocycles. The van der Waals surface area contributed by atoms with E-state index in [2.05, 4.69) is 5.09 Å². The largest absolute Gasteiger partial charge is 0.472 e. The lowest BCUT2D eigenvalue weighted by molar-refractivity contribution is 0.0390. The third-order valence-corrected chi connectivity index (χ3v) is 8.06. The Hall–Kier alpha value is 0.370. The zero-order valence-electron chi connectivity index (χ0n) is 18.5. The fraction of sp³-hybridized carbons (Fsp3) is 1.00. The standard InChI is InChI=1S/C16H36NO10P3/c1-13(10-22-4)27-30(20,21)24-12-15(3)26-29(6,19)23-11-14(2)25-28(5,18)17-16-8-7-9-16/h13-16H,7-12H2,1-6H3,(H,17,18)(H,20,21). The van der Waals surface area contributed by atoms with E-state index in [-0.39, 0.29) is 25.9 Å². The van der Waals surface area contributed by atoms with Gasteiger partial charge in [0, 0.05) is 26.5 Å². The molecule has 0 spiro atoms. The summed E-state index contributed by atoms with van der Waals surface area (Å²) in [5.74, 6) is 0. The highest BCUT2D eigenvalue weighted by molar-refractivity contribution is 7.56. The highest BCUT2D eigenvalue weighted by Crippen LogP contribution is 2.49. The number of hydrogen-bond acceptors (Lipinski definition) is 9. The van der Waals surface area contributed by atoms with E-state index < -0.39 is 41.2 Å². The van der Waals surface area contributed by atoms with Gasteiger partial charge in [0.25, 0.3) is 7.52 Å². The number of ether oxygens (including phenoxy) is 1. The predicted molar refractivity (Wildman–Crippen MR) is 113 cm³/mol. The predicted octanol–water partition coefficient (Wildman–Crippen LogP) is 3.77. The van der Waals surface area contributed by atoms with Crippen molar-refractivity contribution < 1.29 is 45.9 Å². The molecule has 1 aliphatic carbocycles. The van der Waals surface area contributed by atoms with Crippen LogP contribution < -0.4 is 5.09 Å². The van der Waals surface area contributed by atoms with Crippen LogP contribution in [0, 0.1) is 0 Å². The van der Waals surface area contributed by atoms with Gasteiger partial charge in [-0.1, -0.05) is 6.42 Å². The lowest BCUT2D eigenvalue weighted by Crippen LogP contribution is -2.34. The van der Waals surface area contributed by atoms with Crippen LogP contribution in [0.4, 0.5) is 0 Å². The quantitative estimate of drug-likeness (QED) is 0.303. The van der Waals surface area contributed by atoms with Crippen LogP contribution in [-0.2, 0) is 41.1 Å². The molecule has 180 valence electrons. The average Bonchev–Trinajstić information content (AvgIpc) is 2.54. The van der Waals surface area contributed by atoms with Gasteiger partial charge in [-0.25, -0.2) is 9.65 Å². The Kier molecular flexibility index (Phi) is 11.9. The Morgan fingerprint density at radius 3 is 1.97 bits per heavy atom. The van der Waals surface area contributed by atoms with Crippen molar-refractivity contribution in [3.63, 3.8) is 0 Å². The normalized spacial score (nSPS) is 24.1. The van der Waals surface area contributed by atoms with Gasteiger partial charge in [0.2, 0.25) is 0 Å². The Balaban J connectivity index is 2.36. The number of methoxy groups -OCH3 is 1. The molecule has 1 rings (SSSR count). The van der Waals surface area contributed by atoms with E-state index in [0.29, 0.717) is 0 Å². The summed E-state index contributed by atoms with van der Waals surface area (Å²) in [5.41, 5.74) is 0. The molecule has 11 nitrogen and oxygen atoms in total. The first-order valence-corrected chi connectivity index (χ1v) is 15.4. The maximum Gasteiger partial charge on any atom is 0.472 e. The van der Waals surface area contributed by atoms with Gasteiger partial charge < -0.3 is 23.2 Å². The van der Waals surface area contributed by atoms with Crippen molar-refractivity contribution >= 4 is 22.9 Å². The fourth-order valence-corrected chi connectivity index (χ4v) is 6.58. The van der Waals surface area contributed by atoms with Crippen molar-refractivity contribution in [1.29, 1.82) is 0 Å². The molecule has 0 aromatic heterocycles. The summed E-state index contributed by atoms with van der Waals surface area (Å²) in [4.78, 5) is 9.68. The van der Waals surface area contributed by atoms with E-state index in [1.165, 1.54) is 27.4 Å². The molecule has 1 aliphatic rings. The fourth-order valence-electron chi connectivity index (χ4n) is 2.62. The summed E-state index contributed by atoms with van der Waals surface area (Å²) in [5, 5.41) is 3.00. The molecule has 0 aromatic carbocycles. The molecule has 14 heteroatoms. The third-order valence-electron chi connectivity index (χ3n) is 4.01. The molecule has 6 unspecified atom stereocenters. The molecule has 1 fully saturated rings. The van der Waals surface area contributed by atoms with Crippen LogP contribution in [0.5, 0.6) is 0 Å². The molecule has 0 heterocycles. The number of nitrogens with one attached hydrogen (secondary N) is 1. The number of phosphoric acid groups is 1. The SMILES string of the molecule is COCC(C)OP(=O)(O)OCC(C)OP(C)(=O)OCC(C)OP(C)(=O)NC1CCC1. The minimum Gasteiger partial charge on any atom is -0.382 e. The highest BCUT2D eigenvalue weighted by atomic mass is 31.2. The van der Waals surface area contributed by atoms with Crippen molar-refractivity contribution in [2.24, 2.45) is 0 Å². The third kappa shape index (κ3) is 12.4. The Morgan fingerprint density at radius 1 is 0.900 bits per heavy atom. The van der Waals surface area contributed by atoms with Gasteiger partial charge in [-0.3, -0.25) is 18.2 Å². The summed E-state index contributed by atoms with van der Waals surface area (Å²) in [6.07, 6.45) is 1.03. The first-order valence-electron chi connectivity index (χ1n) is 9.82. The van der Waals surface area contributed by atoms with E-state index in [4.69, 9.17) is 27.4 Å². The molecule has 30 heavy (non-hydrogen) atoms. The topological polar surface area (TPSA) is 139 Å². The van der Waals surface area contributed by atoms with Crippen LogP contribution >= 0.6 is 22.9 Å². The first kappa shape index (κ1) is 28.4. The molecule has 0 aliphatic heterocycles. The monoisotopic (exact) mass is 495 g/mol. The van der Waals surface area contributed by atoms with Crippen molar-refractivity contribution in [2.75, 3.05) is 40.3 Å². The van der Waals surface area contributed by atoms with Crippen molar-refractivity contribution in [3.05, 3.63) is 0 Å². The molecular formula is C16H36NO10P3. The summed E-state index contributed by atoms with van der Waals surface area (Å²) < 4.78 is 67.5. The van der Waals surface area contributed by atoms with Gasteiger partial charge in [-0.2, -0.15) is 0 Å². The Bertz CT molecular complexity index is 659. The Labute approximate surface area is 179 Å². The van der Waals surface area contributed by atoms with Crippen molar-refractivity contribution in [2.45, 2.75) is 64.4 Å². The summed E-state index contributed by atoms with van der Waals surface area (Å²) in [7, 11) is -9.37. The van der Waals surface area contributed by atoms with Crippen LogP contribution in [0.2, 0.25) is 0 Å². The highest BCUT2D eigenvalue weighted by Gasteiger charge is 2.30. The second-order valence-corrected chi connectivity index (χ2v) is 13.2. The van der Waals surface area contributed by atoms with Gasteiger partial charge in [0.15, 0.2) is 0 Å². The number of rotatable bonds is 16. The van der Waals surface area contributed by atoms with Crippen molar-refractivity contribution in [1.82, 2.24) is 5.09 Å². The number of phosphoric ester groups is 1. The maximum atomic E-state index is 12.5. The molecule has 0 saturated heterocycles. The summed E-state index contributed by atoms with van der Waals surface area (Å²) in [6, 6.07) is 0.208. The van der Waals surface area contributed by atoms with Gasteiger partial charge in [-0.05, 0) is 33.6 Å². The summed E-state index contributed by atoms with van der Waals surface area (Å²) >= 11 is 0. The second-order valence-electron chi connectivity index (χ2n) is 7.64. The van der Waals surface area contributed by atoms with Gasteiger partial charge in [0.05, 0.1) is 38.1 Å². The van der Waals surface area contributed by atoms with Crippen LogP contribution in [-0.4, -0.2) is 69.5 Å². The Morgan fingerprint density at radius 2 is 1.43 bits per heavy atom. The summed E-state index contributed by atoms with van der Waals surface area (Å²) in [6.45, 7) is 7.20. The van der Waals surface area contributed by atoms with E-state index in [1.54, 1.807) is 13.8 Å². The lowest BCUT2D eigenvalue weighted by Gasteiger charge is -2.31. The van der Waals surface area contributed by atoms with E-state index >= 15 is 0 Å². The average molecular weight is 495 g/mol. The zero-order chi connectivity index (χ0) is 23.0. The molecule has 0 radical (unpaired) electrons. The molecular weight excluding hydrogens is 459 g/mol. The van der Waals surface area contributed by atoms with E-state index in [1.807, 2.05) is 0 Å². The molecule has 6 atom stereocenters. The van der Waals surface area contributed by atoms with Gasteiger partial charge in [-0.15, -0.1) is 0 Å².